The third-order valence-corrected chi connectivity index (χ3v) is 6.64. The molecule has 1 saturated heterocycles. The normalized spacial score (nSPS) is 17.5. The minimum atomic E-state index is -4.74. The zero-order valence-electron chi connectivity index (χ0n) is 18.4. The summed E-state index contributed by atoms with van der Waals surface area (Å²) in [5, 5.41) is 0.586. The van der Waals surface area contributed by atoms with Crippen LogP contribution >= 0.6 is 11.3 Å². The van der Waals surface area contributed by atoms with Crippen molar-refractivity contribution >= 4 is 32.7 Å². The molecule has 176 valence electrons. The van der Waals surface area contributed by atoms with E-state index in [1.165, 1.54) is 6.92 Å². The summed E-state index contributed by atoms with van der Waals surface area (Å²) in [5.41, 5.74) is 0.986. The number of benzene rings is 2. The number of rotatable bonds is 4. The minimum absolute atomic E-state index is 0.144. The number of aryl methyl sites for hydroxylation is 1. The number of alkyl halides is 3. The quantitative estimate of drug-likeness (QED) is 0.284. The summed E-state index contributed by atoms with van der Waals surface area (Å²) in [6.07, 6.45) is -4.74. The van der Waals surface area contributed by atoms with Crippen molar-refractivity contribution in [3.05, 3.63) is 52.8 Å². The number of carbonyl (C=O) groups is 1. The molecule has 1 aromatic heterocycles. The number of carbonyl (C=O) groups excluding carboxylic acids is 1. The first-order valence-corrected chi connectivity index (χ1v) is 11.3. The van der Waals surface area contributed by atoms with Crippen LogP contribution in [-0.4, -0.2) is 41.5 Å². The molecule has 0 unspecified atom stereocenters. The Hall–Kier alpha value is -2.72. The molecule has 3 aromatic rings. The Kier molecular flexibility index (Phi) is 6.32. The second kappa shape index (κ2) is 8.90. The summed E-state index contributed by atoms with van der Waals surface area (Å²) in [7, 11) is 0. The first kappa shape index (κ1) is 23.4. The van der Waals surface area contributed by atoms with E-state index in [9.17, 15) is 22.4 Å². The van der Waals surface area contributed by atoms with Gasteiger partial charge in [0.1, 0.15) is 11.6 Å². The molecule has 0 N–H and O–H groups in total. The maximum Gasteiger partial charge on any atom is 0.419 e. The van der Waals surface area contributed by atoms with E-state index >= 15 is 0 Å². The SMILES string of the molecule is CC(=O)Oc1cc(C)cc(CN2CCN(c3nc4cc(F)c(C(F)(F)F)cc4s3)C[C@H]2C)c1. The van der Waals surface area contributed by atoms with Crippen LogP contribution in [0.15, 0.2) is 30.3 Å². The van der Waals surface area contributed by atoms with Crippen molar-refractivity contribution in [2.75, 3.05) is 24.5 Å². The summed E-state index contributed by atoms with van der Waals surface area (Å²) in [6, 6.07) is 7.55. The smallest absolute Gasteiger partial charge is 0.419 e. The van der Waals surface area contributed by atoms with Crippen LogP contribution in [0.2, 0.25) is 0 Å². The topological polar surface area (TPSA) is 45.7 Å². The van der Waals surface area contributed by atoms with E-state index in [1.54, 1.807) is 0 Å². The van der Waals surface area contributed by atoms with Crippen molar-refractivity contribution < 1.29 is 27.1 Å². The molecule has 0 amide bonds. The van der Waals surface area contributed by atoms with E-state index in [0.717, 1.165) is 41.1 Å². The Morgan fingerprint density at radius 2 is 1.97 bits per heavy atom. The summed E-state index contributed by atoms with van der Waals surface area (Å²) >= 11 is 1.14. The third-order valence-electron chi connectivity index (χ3n) is 5.56. The van der Waals surface area contributed by atoms with Gasteiger partial charge in [0.05, 0.1) is 15.8 Å². The van der Waals surface area contributed by atoms with Gasteiger partial charge in [-0.05, 0) is 43.2 Å². The number of aromatic nitrogens is 1. The number of fused-ring (bicyclic) bond motifs is 1. The molecule has 5 nitrogen and oxygen atoms in total. The Morgan fingerprint density at radius 1 is 1.21 bits per heavy atom. The molecule has 4 rings (SSSR count). The number of hydrogen-bond acceptors (Lipinski definition) is 6. The van der Waals surface area contributed by atoms with Crippen molar-refractivity contribution in [3.63, 3.8) is 0 Å². The van der Waals surface area contributed by atoms with Gasteiger partial charge in [0.15, 0.2) is 5.13 Å². The van der Waals surface area contributed by atoms with Crippen LogP contribution in [0.4, 0.5) is 22.7 Å². The number of piperazine rings is 1. The van der Waals surface area contributed by atoms with E-state index in [4.69, 9.17) is 4.74 Å². The van der Waals surface area contributed by atoms with Gasteiger partial charge in [-0.25, -0.2) is 9.37 Å². The first-order valence-electron chi connectivity index (χ1n) is 10.4. The number of ether oxygens (including phenoxy) is 1. The van der Waals surface area contributed by atoms with Crippen LogP contribution in [0, 0.1) is 12.7 Å². The lowest BCUT2D eigenvalue weighted by molar-refractivity contribution is -0.139. The Morgan fingerprint density at radius 3 is 2.64 bits per heavy atom. The van der Waals surface area contributed by atoms with Crippen molar-refractivity contribution in [1.29, 1.82) is 0 Å². The lowest BCUT2D eigenvalue weighted by atomic mass is 10.1. The Labute approximate surface area is 192 Å². The van der Waals surface area contributed by atoms with Gasteiger partial charge in [0.2, 0.25) is 0 Å². The standard InChI is InChI=1S/C23H23F4N3O2S/c1-13-6-16(8-17(7-13)32-15(3)31)12-29-4-5-30(11-14(29)2)22-28-20-10-19(24)18(23(25,26)27)9-21(20)33-22/h6-10,14H,4-5,11-12H2,1-3H3/t14-/m1/s1. The predicted octanol–water partition coefficient (Wildman–Crippen LogP) is 5.40. The molecule has 1 fully saturated rings. The van der Waals surface area contributed by atoms with E-state index in [1.807, 2.05) is 30.0 Å². The fourth-order valence-corrected chi connectivity index (χ4v) is 5.09. The lowest BCUT2D eigenvalue weighted by Gasteiger charge is -2.39. The maximum absolute atomic E-state index is 13.9. The molecular formula is C23H23F4N3O2S. The summed E-state index contributed by atoms with van der Waals surface area (Å²) < 4.78 is 58.5. The predicted molar refractivity (Wildman–Crippen MR) is 119 cm³/mol. The van der Waals surface area contributed by atoms with E-state index in [0.29, 0.717) is 35.2 Å². The number of esters is 1. The lowest BCUT2D eigenvalue weighted by Crippen LogP contribution is -2.51. The third kappa shape index (κ3) is 5.27. The van der Waals surface area contributed by atoms with Gasteiger partial charge in [-0.15, -0.1) is 0 Å². The molecule has 10 heteroatoms. The van der Waals surface area contributed by atoms with Crippen LogP contribution in [0.3, 0.4) is 0 Å². The molecule has 1 atom stereocenters. The highest BCUT2D eigenvalue weighted by Crippen LogP contribution is 2.37. The Bertz CT molecular complexity index is 1190. The summed E-state index contributed by atoms with van der Waals surface area (Å²) in [4.78, 5) is 20.0. The van der Waals surface area contributed by atoms with Gasteiger partial charge >= 0.3 is 12.1 Å². The van der Waals surface area contributed by atoms with E-state index < -0.39 is 17.6 Å². The molecule has 33 heavy (non-hydrogen) atoms. The molecule has 0 saturated carbocycles. The molecule has 1 aliphatic rings. The number of nitrogens with zero attached hydrogens (tertiary/aromatic N) is 3. The Balaban J connectivity index is 1.48. The van der Waals surface area contributed by atoms with Crippen LogP contribution in [0.25, 0.3) is 10.2 Å². The summed E-state index contributed by atoms with van der Waals surface area (Å²) in [5.74, 6) is -1.16. The van der Waals surface area contributed by atoms with Crippen LogP contribution in [0.1, 0.15) is 30.5 Å². The van der Waals surface area contributed by atoms with Crippen molar-refractivity contribution in [2.45, 2.75) is 39.5 Å². The molecule has 0 radical (unpaired) electrons. The number of anilines is 1. The average molecular weight is 482 g/mol. The summed E-state index contributed by atoms with van der Waals surface area (Å²) in [6.45, 7) is 8.05. The van der Waals surface area contributed by atoms with Crippen LogP contribution in [-0.2, 0) is 17.5 Å². The highest BCUT2D eigenvalue weighted by molar-refractivity contribution is 7.22. The molecule has 1 aliphatic heterocycles. The number of halogens is 4. The molecular weight excluding hydrogens is 458 g/mol. The second-order valence-corrected chi connectivity index (χ2v) is 9.32. The van der Waals surface area contributed by atoms with Gasteiger partial charge in [-0.3, -0.25) is 9.69 Å². The highest BCUT2D eigenvalue weighted by atomic mass is 32.1. The van der Waals surface area contributed by atoms with Gasteiger partial charge < -0.3 is 9.64 Å². The highest BCUT2D eigenvalue weighted by Gasteiger charge is 2.35. The average Bonchev–Trinajstić information content (AvgIpc) is 3.10. The first-order chi connectivity index (χ1) is 15.5. The molecule has 2 heterocycles. The maximum atomic E-state index is 13.9. The van der Waals surface area contributed by atoms with Crippen molar-refractivity contribution in [3.8, 4) is 5.75 Å². The molecule has 0 aliphatic carbocycles. The van der Waals surface area contributed by atoms with Gasteiger partial charge in [-0.1, -0.05) is 17.4 Å². The fourth-order valence-electron chi connectivity index (χ4n) is 4.07. The molecule has 0 spiro atoms. The van der Waals surface area contributed by atoms with Gasteiger partial charge in [-0.2, -0.15) is 13.2 Å². The molecule has 0 bridgehead atoms. The van der Waals surface area contributed by atoms with Gasteiger partial charge in [0, 0.05) is 45.2 Å². The van der Waals surface area contributed by atoms with Crippen LogP contribution < -0.4 is 9.64 Å². The number of hydrogen-bond donors (Lipinski definition) is 0. The minimum Gasteiger partial charge on any atom is -0.427 e. The van der Waals surface area contributed by atoms with Gasteiger partial charge in [0.25, 0.3) is 0 Å². The van der Waals surface area contributed by atoms with Crippen LogP contribution in [0.5, 0.6) is 5.75 Å². The fraction of sp³-hybridized carbons (Fsp3) is 0.391. The zero-order valence-corrected chi connectivity index (χ0v) is 19.2. The van der Waals surface area contributed by atoms with Crippen molar-refractivity contribution in [1.82, 2.24) is 9.88 Å². The van der Waals surface area contributed by atoms with E-state index in [2.05, 4.69) is 16.8 Å². The largest absolute Gasteiger partial charge is 0.427 e. The monoisotopic (exact) mass is 481 g/mol. The zero-order chi connectivity index (χ0) is 23.9. The van der Waals surface area contributed by atoms with Crippen molar-refractivity contribution in [2.24, 2.45) is 0 Å². The second-order valence-electron chi connectivity index (χ2n) is 8.31. The van der Waals surface area contributed by atoms with E-state index in [-0.39, 0.29) is 17.5 Å². The number of thiazole rings is 1. The molecule has 2 aromatic carbocycles.